The Bertz CT molecular complexity index is 919. The number of amides is 3. The maximum atomic E-state index is 13.2. The third-order valence-corrected chi connectivity index (χ3v) is 6.28. The smallest absolute Gasteiger partial charge is 0.338 e. The third-order valence-electron chi connectivity index (χ3n) is 6.05. The highest BCUT2D eigenvalue weighted by molar-refractivity contribution is 6.30. The van der Waals surface area contributed by atoms with Crippen LogP contribution in [-0.4, -0.2) is 78.5 Å². The summed E-state index contributed by atoms with van der Waals surface area (Å²) in [6.45, 7) is 9.38. The van der Waals surface area contributed by atoms with Crippen LogP contribution in [0.5, 0.6) is 0 Å². The average molecular weight is 477 g/mol. The van der Waals surface area contributed by atoms with E-state index in [0.29, 0.717) is 48.9 Å². The quantitative estimate of drug-likeness (QED) is 0.611. The van der Waals surface area contributed by atoms with Gasteiger partial charge in [0.05, 0.1) is 18.2 Å². The Balaban J connectivity index is 1.99. The van der Waals surface area contributed by atoms with E-state index in [4.69, 9.17) is 16.3 Å². The van der Waals surface area contributed by atoms with Crippen LogP contribution in [0.1, 0.15) is 45.2 Å². The second-order valence-electron chi connectivity index (χ2n) is 8.13. The van der Waals surface area contributed by atoms with E-state index in [1.807, 2.05) is 24.8 Å². The van der Waals surface area contributed by atoms with Gasteiger partial charge in [-0.3, -0.25) is 14.6 Å². The highest BCUT2D eigenvalue weighted by atomic mass is 35.5. The maximum Gasteiger partial charge on any atom is 0.338 e. The largest absolute Gasteiger partial charge is 0.463 e. The fourth-order valence-electron chi connectivity index (χ4n) is 4.41. The number of benzene rings is 1. The summed E-state index contributed by atoms with van der Waals surface area (Å²) in [5.41, 5.74) is 1.79. The van der Waals surface area contributed by atoms with Gasteiger partial charge >= 0.3 is 12.0 Å². The normalized spacial score (nSPS) is 19.9. The number of nitrogens with zero attached hydrogens (tertiary/aromatic N) is 3. The van der Waals surface area contributed by atoms with Crippen molar-refractivity contribution in [1.29, 1.82) is 0 Å². The van der Waals surface area contributed by atoms with Crippen LogP contribution in [0.4, 0.5) is 4.79 Å². The van der Waals surface area contributed by atoms with Crippen LogP contribution in [0.3, 0.4) is 0 Å². The number of ether oxygens (including phenoxy) is 1. The van der Waals surface area contributed by atoms with E-state index in [1.54, 1.807) is 30.0 Å². The van der Waals surface area contributed by atoms with Gasteiger partial charge in [-0.05, 0) is 38.0 Å². The van der Waals surface area contributed by atoms with Gasteiger partial charge in [-0.15, -0.1) is 0 Å². The van der Waals surface area contributed by atoms with Gasteiger partial charge in [0.25, 0.3) is 0 Å². The SMILES string of the molecule is CCOC(=O)C1=C(CN2CCCN(C(=O)CC)CC2)N(CC)C(=O)NC1c1cccc(Cl)c1. The molecular formula is C24H33ClN4O4. The highest BCUT2D eigenvalue weighted by Crippen LogP contribution is 2.33. The zero-order valence-electron chi connectivity index (χ0n) is 19.6. The molecule has 1 atom stereocenters. The fraction of sp³-hybridized carbons (Fsp3) is 0.542. The molecule has 1 fully saturated rings. The summed E-state index contributed by atoms with van der Waals surface area (Å²) >= 11 is 6.21. The summed E-state index contributed by atoms with van der Waals surface area (Å²) < 4.78 is 5.42. The van der Waals surface area contributed by atoms with Crippen molar-refractivity contribution in [2.24, 2.45) is 0 Å². The minimum Gasteiger partial charge on any atom is -0.463 e. The molecule has 1 saturated heterocycles. The van der Waals surface area contributed by atoms with Gasteiger partial charge in [0.15, 0.2) is 0 Å². The van der Waals surface area contributed by atoms with Crippen LogP contribution in [0.25, 0.3) is 0 Å². The molecule has 2 aliphatic rings. The van der Waals surface area contributed by atoms with Crippen molar-refractivity contribution in [2.75, 3.05) is 45.9 Å². The van der Waals surface area contributed by atoms with Crippen LogP contribution in [0.15, 0.2) is 35.5 Å². The molecule has 1 unspecified atom stereocenters. The number of hydrogen-bond donors (Lipinski definition) is 1. The Morgan fingerprint density at radius 1 is 1.15 bits per heavy atom. The predicted octanol–water partition coefficient (Wildman–Crippen LogP) is 3.19. The van der Waals surface area contributed by atoms with E-state index in [1.165, 1.54) is 0 Å². The molecule has 33 heavy (non-hydrogen) atoms. The molecule has 3 rings (SSSR count). The number of likely N-dealkylation sites (N-methyl/N-ethyl adjacent to an activating group) is 1. The van der Waals surface area contributed by atoms with Crippen molar-refractivity contribution in [2.45, 2.75) is 39.7 Å². The number of halogens is 1. The first-order valence-corrected chi connectivity index (χ1v) is 12.0. The molecule has 1 N–H and O–H groups in total. The lowest BCUT2D eigenvalue weighted by molar-refractivity contribution is -0.139. The number of nitrogens with one attached hydrogen (secondary N) is 1. The third kappa shape index (κ3) is 5.86. The van der Waals surface area contributed by atoms with E-state index in [9.17, 15) is 14.4 Å². The van der Waals surface area contributed by atoms with Gasteiger partial charge in [0.2, 0.25) is 5.91 Å². The second kappa shape index (κ2) is 11.5. The standard InChI is InChI=1S/C24H33ClN4O4/c1-4-20(30)28-12-8-11-27(13-14-28)16-19-21(23(31)33-6-3)22(26-24(32)29(19)5-2)17-9-7-10-18(25)15-17/h7,9-10,15,22H,4-6,8,11-14,16H2,1-3H3,(H,26,32). The van der Waals surface area contributed by atoms with E-state index in [0.717, 1.165) is 25.1 Å². The van der Waals surface area contributed by atoms with Gasteiger partial charge in [-0.1, -0.05) is 30.7 Å². The minimum absolute atomic E-state index is 0.150. The average Bonchev–Trinajstić information content (AvgIpc) is 3.04. The molecule has 0 aromatic heterocycles. The number of carbonyl (C=O) groups is 3. The van der Waals surface area contributed by atoms with Crippen molar-refractivity contribution < 1.29 is 19.1 Å². The Kier molecular flexibility index (Phi) is 8.74. The Morgan fingerprint density at radius 3 is 2.61 bits per heavy atom. The predicted molar refractivity (Wildman–Crippen MR) is 127 cm³/mol. The van der Waals surface area contributed by atoms with Gasteiger partial charge in [0, 0.05) is 56.4 Å². The van der Waals surface area contributed by atoms with Crippen molar-refractivity contribution >= 4 is 29.5 Å². The molecule has 1 aromatic rings. The molecule has 0 saturated carbocycles. The van der Waals surface area contributed by atoms with Crippen LogP contribution in [0.2, 0.25) is 5.02 Å². The number of rotatable bonds is 7. The lowest BCUT2D eigenvalue weighted by Gasteiger charge is -2.38. The van der Waals surface area contributed by atoms with Gasteiger partial charge in [-0.25, -0.2) is 9.59 Å². The van der Waals surface area contributed by atoms with Gasteiger partial charge < -0.3 is 15.0 Å². The molecule has 180 valence electrons. The molecule has 9 heteroatoms. The molecule has 0 radical (unpaired) electrons. The van der Waals surface area contributed by atoms with Crippen LogP contribution >= 0.6 is 11.6 Å². The summed E-state index contributed by atoms with van der Waals surface area (Å²) in [5, 5.41) is 3.48. The Hall–Kier alpha value is -2.58. The van der Waals surface area contributed by atoms with Crippen molar-refractivity contribution in [1.82, 2.24) is 20.0 Å². The van der Waals surface area contributed by atoms with Gasteiger partial charge in [-0.2, -0.15) is 0 Å². The van der Waals surface area contributed by atoms with E-state index < -0.39 is 12.0 Å². The van der Waals surface area contributed by atoms with Crippen LogP contribution < -0.4 is 5.32 Å². The molecule has 2 aliphatic heterocycles. The first-order chi connectivity index (χ1) is 15.9. The number of urea groups is 1. The maximum absolute atomic E-state index is 13.2. The van der Waals surface area contributed by atoms with Crippen molar-refractivity contribution in [3.8, 4) is 0 Å². The lowest BCUT2D eigenvalue weighted by atomic mass is 9.94. The van der Waals surface area contributed by atoms with E-state index in [-0.39, 0.29) is 18.5 Å². The summed E-state index contributed by atoms with van der Waals surface area (Å²) in [6.07, 6.45) is 1.33. The monoisotopic (exact) mass is 476 g/mol. The van der Waals surface area contributed by atoms with Crippen LogP contribution in [-0.2, 0) is 14.3 Å². The summed E-state index contributed by atoms with van der Waals surface area (Å²) in [4.78, 5) is 44.1. The zero-order valence-corrected chi connectivity index (χ0v) is 20.4. The Morgan fingerprint density at radius 2 is 1.94 bits per heavy atom. The molecule has 0 bridgehead atoms. The van der Waals surface area contributed by atoms with Gasteiger partial charge in [0.1, 0.15) is 0 Å². The number of carbonyl (C=O) groups excluding carboxylic acids is 3. The summed E-state index contributed by atoms with van der Waals surface area (Å²) in [7, 11) is 0. The fourth-order valence-corrected chi connectivity index (χ4v) is 4.61. The number of esters is 1. The first-order valence-electron chi connectivity index (χ1n) is 11.6. The lowest BCUT2D eigenvalue weighted by Crippen LogP contribution is -2.51. The summed E-state index contributed by atoms with van der Waals surface area (Å²) in [6, 6.07) is 6.23. The first kappa shape index (κ1) is 25.1. The minimum atomic E-state index is -0.654. The molecule has 3 amide bonds. The van der Waals surface area contributed by atoms with E-state index in [2.05, 4.69) is 10.2 Å². The van der Waals surface area contributed by atoms with Crippen molar-refractivity contribution in [3.05, 3.63) is 46.1 Å². The molecule has 1 aromatic carbocycles. The molecule has 8 nitrogen and oxygen atoms in total. The number of hydrogen-bond acceptors (Lipinski definition) is 5. The summed E-state index contributed by atoms with van der Waals surface area (Å²) in [5.74, 6) is -0.301. The Labute approximate surface area is 200 Å². The zero-order chi connectivity index (χ0) is 24.0. The molecular weight excluding hydrogens is 444 g/mol. The molecule has 0 spiro atoms. The molecule has 0 aliphatic carbocycles. The van der Waals surface area contributed by atoms with Crippen molar-refractivity contribution in [3.63, 3.8) is 0 Å². The highest BCUT2D eigenvalue weighted by Gasteiger charge is 2.38. The van der Waals surface area contributed by atoms with Crippen LogP contribution in [0, 0.1) is 0 Å². The second-order valence-corrected chi connectivity index (χ2v) is 8.56. The van der Waals surface area contributed by atoms with E-state index >= 15 is 0 Å². The topological polar surface area (TPSA) is 82.2 Å². The molecule has 2 heterocycles.